The summed E-state index contributed by atoms with van der Waals surface area (Å²) in [6, 6.07) is 3.90. The molecule has 168 valence electrons. The molecule has 0 saturated heterocycles. The average Bonchev–Trinajstić information content (AvgIpc) is 3.05. The number of anilines is 3. The molecule has 0 atom stereocenters. The van der Waals surface area contributed by atoms with Gasteiger partial charge in [0, 0.05) is 19.3 Å². The van der Waals surface area contributed by atoms with Crippen LogP contribution in [-0.2, 0) is 6.54 Å². The predicted molar refractivity (Wildman–Crippen MR) is 126 cm³/mol. The van der Waals surface area contributed by atoms with E-state index in [1.807, 2.05) is 12.1 Å². The summed E-state index contributed by atoms with van der Waals surface area (Å²) in [7, 11) is 4.16. The summed E-state index contributed by atoms with van der Waals surface area (Å²) in [5.41, 5.74) is 7.61. The molecule has 0 aliphatic heterocycles. The Labute approximate surface area is 182 Å². The number of nitrogen functional groups attached to an aromatic ring is 1. The molecule has 0 radical (unpaired) electrons. The number of hydrogen-bond donors (Lipinski definition) is 4. The van der Waals surface area contributed by atoms with Crippen molar-refractivity contribution >= 4 is 28.7 Å². The third kappa shape index (κ3) is 6.17. The first-order valence-corrected chi connectivity index (χ1v) is 10.8. The smallest absolute Gasteiger partial charge is 0.328 e. The molecule has 0 aliphatic carbocycles. The Bertz CT molecular complexity index is 1020. The molecule has 10 nitrogen and oxygen atoms in total. The van der Waals surface area contributed by atoms with Gasteiger partial charge in [-0.2, -0.15) is 9.97 Å². The molecule has 0 fully saturated rings. The number of aromatic nitrogens is 5. The van der Waals surface area contributed by atoms with Gasteiger partial charge in [-0.15, -0.1) is 0 Å². The minimum absolute atomic E-state index is 0.256. The zero-order valence-electron chi connectivity index (χ0n) is 18.6. The fourth-order valence-corrected chi connectivity index (χ4v) is 3.23. The molecule has 3 aromatic heterocycles. The van der Waals surface area contributed by atoms with Gasteiger partial charge in [0.2, 0.25) is 5.95 Å². The van der Waals surface area contributed by atoms with Crippen molar-refractivity contribution in [3.8, 4) is 0 Å². The second kappa shape index (κ2) is 10.8. The largest absolute Gasteiger partial charge is 0.382 e. The van der Waals surface area contributed by atoms with Crippen LogP contribution in [0.3, 0.4) is 0 Å². The number of nitrogens with one attached hydrogen (secondary N) is 3. The SMILES string of the molecule is CCCCNc1nc(N)c2[nH]c(=O)n(Cc3ccc(NCCCCN(C)C)nc3)c2n1. The minimum Gasteiger partial charge on any atom is -0.382 e. The minimum atomic E-state index is -0.273. The van der Waals surface area contributed by atoms with E-state index in [-0.39, 0.29) is 11.5 Å². The van der Waals surface area contributed by atoms with Crippen LogP contribution in [0.4, 0.5) is 17.6 Å². The van der Waals surface area contributed by atoms with Crippen LogP contribution in [0.15, 0.2) is 23.1 Å². The molecular weight excluding hydrogens is 394 g/mol. The molecule has 10 heteroatoms. The molecule has 3 heterocycles. The number of imidazole rings is 1. The summed E-state index contributed by atoms with van der Waals surface area (Å²) in [4.78, 5) is 30.7. The highest BCUT2D eigenvalue weighted by molar-refractivity contribution is 5.82. The highest BCUT2D eigenvalue weighted by Crippen LogP contribution is 2.17. The molecule has 0 amide bonds. The van der Waals surface area contributed by atoms with E-state index in [1.165, 1.54) is 0 Å². The number of unbranched alkanes of at least 4 members (excludes halogenated alkanes) is 2. The second-order valence-corrected chi connectivity index (χ2v) is 7.92. The number of hydrogen-bond acceptors (Lipinski definition) is 8. The van der Waals surface area contributed by atoms with E-state index in [0.29, 0.717) is 23.7 Å². The Morgan fingerprint density at radius 3 is 2.65 bits per heavy atom. The monoisotopic (exact) mass is 427 g/mol. The number of aromatic amines is 1. The lowest BCUT2D eigenvalue weighted by Gasteiger charge is -2.10. The molecule has 0 bridgehead atoms. The number of H-pyrrole nitrogens is 1. The van der Waals surface area contributed by atoms with Crippen LogP contribution in [0, 0.1) is 0 Å². The van der Waals surface area contributed by atoms with Gasteiger partial charge in [-0.3, -0.25) is 4.57 Å². The Morgan fingerprint density at radius 2 is 1.94 bits per heavy atom. The lowest BCUT2D eigenvalue weighted by Crippen LogP contribution is -2.18. The van der Waals surface area contributed by atoms with Crippen molar-refractivity contribution in [2.45, 2.75) is 39.2 Å². The van der Waals surface area contributed by atoms with Gasteiger partial charge in [0.25, 0.3) is 0 Å². The Morgan fingerprint density at radius 1 is 1.13 bits per heavy atom. The van der Waals surface area contributed by atoms with Gasteiger partial charge in [-0.25, -0.2) is 9.78 Å². The molecular formula is C21H33N9O. The number of pyridine rings is 1. The first-order chi connectivity index (χ1) is 15.0. The predicted octanol–water partition coefficient (Wildman–Crippen LogP) is 2.11. The van der Waals surface area contributed by atoms with Gasteiger partial charge in [0.05, 0.1) is 6.54 Å². The van der Waals surface area contributed by atoms with Crippen molar-refractivity contribution in [2.24, 2.45) is 0 Å². The fourth-order valence-electron chi connectivity index (χ4n) is 3.23. The molecule has 0 spiro atoms. The standard InChI is InChI=1S/C21H33N9O/c1-4-5-10-24-20-27-18(22)17-19(28-20)30(21(31)26-17)14-15-8-9-16(25-13-15)23-11-6-7-12-29(2)3/h8-9,13H,4-7,10-12,14H2,1-3H3,(H,23,25)(H,26,31)(H3,22,24,27,28). The first kappa shape index (κ1) is 22.5. The van der Waals surface area contributed by atoms with Gasteiger partial charge in [-0.05, 0) is 51.5 Å². The summed E-state index contributed by atoms with van der Waals surface area (Å²) in [5, 5.41) is 6.50. The van der Waals surface area contributed by atoms with Gasteiger partial charge < -0.3 is 26.3 Å². The Kier molecular flexibility index (Phi) is 7.82. The normalized spacial score (nSPS) is 11.4. The van der Waals surface area contributed by atoms with Crippen LogP contribution in [-0.4, -0.2) is 63.1 Å². The lowest BCUT2D eigenvalue weighted by atomic mass is 10.2. The van der Waals surface area contributed by atoms with Gasteiger partial charge >= 0.3 is 5.69 Å². The average molecular weight is 428 g/mol. The van der Waals surface area contributed by atoms with E-state index in [1.54, 1.807) is 10.8 Å². The summed E-state index contributed by atoms with van der Waals surface area (Å²) < 4.78 is 1.56. The zero-order chi connectivity index (χ0) is 22.2. The molecule has 0 aromatic carbocycles. The molecule has 0 aliphatic rings. The maximum Gasteiger partial charge on any atom is 0.328 e. The highest BCUT2D eigenvalue weighted by atomic mass is 16.1. The van der Waals surface area contributed by atoms with Crippen molar-refractivity contribution in [3.63, 3.8) is 0 Å². The molecule has 0 unspecified atom stereocenters. The third-order valence-corrected chi connectivity index (χ3v) is 4.97. The summed E-state index contributed by atoms with van der Waals surface area (Å²) >= 11 is 0. The topological polar surface area (TPSA) is 130 Å². The van der Waals surface area contributed by atoms with Crippen LogP contribution in [0.1, 0.15) is 38.2 Å². The van der Waals surface area contributed by atoms with Gasteiger partial charge in [0.1, 0.15) is 11.3 Å². The first-order valence-electron chi connectivity index (χ1n) is 10.8. The van der Waals surface area contributed by atoms with E-state index < -0.39 is 0 Å². The van der Waals surface area contributed by atoms with E-state index >= 15 is 0 Å². The quantitative estimate of drug-likeness (QED) is 0.323. The van der Waals surface area contributed by atoms with Crippen molar-refractivity contribution in [1.29, 1.82) is 0 Å². The van der Waals surface area contributed by atoms with Crippen molar-refractivity contribution in [3.05, 3.63) is 34.4 Å². The fraction of sp³-hybridized carbons (Fsp3) is 0.524. The second-order valence-electron chi connectivity index (χ2n) is 7.92. The molecule has 3 aromatic rings. The summed E-state index contributed by atoms with van der Waals surface area (Å²) in [6.45, 7) is 5.18. The molecule has 0 saturated carbocycles. The van der Waals surface area contributed by atoms with Gasteiger partial charge in [0.15, 0.2) is 11.5 Å². The van der Waals surface area contributed by atoms with E-state index in [2.05, 4.69) is 56.5 Å². The van der Waals surface area contributed by atoms with Crippen LogP contribution < -0.4 is 22.1 Å². The van der Waals surface area contributed by atoms with E-state index in [9.17, 15) is 4.79 Å². The maximum absolute atomic E-state index is 12.5. The van der Waals surface area contributed by atoms with Crippen molar-refractivity contribution in [2.75, 3.05) is 50.1 Å². The Balaban J connectivity index is 1.68. The van der Waals surface area contributed by atoms with E-state index in [0.717, 1.165) is 56.7 Å². The highest BCUT2D eigenvalue weighted by Gasteiger charge is 2.14. The van der Waals surface area contributed by atoms with Crippen molar-refractivity contribution in [1.82, 2.24) is 29.4 Å². The number of rotatable bonds is 12. The number of fused-ring (bicyclic) bond motifs is 1. The lowest BCUT2D eigenvalue weighted by molar-refractivity contribution is 0.396. The molecule has 3 rings (SSSR count). The van der Waals surface area contributed by atoms with Gasteiger partial charge in [-0.1, -0.05) is 19.4 Å². The van der Waals surface area contributed by atoms with Crippen molar-refractivity contribution < 1.29 is 0 Å². The summed E-state index contributed by atoms with van der Waals surface area (Å²) in [5.74, 6) is 1.51. The third-order valence-electron chi connectivity index (χ3n) is 4.97. The molecule has 5 N–H and O–H groups in total. The Hall–Kier alpha value is -3.14. The van der Waals surface area contributed by atoms with Crippen LogP contribution >= 0.6 is 0 Å². The van der Waals surface area contributed by atoms with Crippen LogP contribution in [0.25, 0.3) is 11.2 Å². The van der Waals surface area contributed by atoms with Crippen LogP contribution in [0.5, 0.6) is 0 Å². The summed E-state index contributed by atoms with van der Waals surface area (Å²) in [6.07, 6.45) is 6.07. The maximum atomic E-state index is 12.5. The van der Waals surface area contributed by atoms with Crippen LogP contribution in [0.2, 0.25) is 0 Å². The number of nitrogens with two attached hydrogens (primary N) is 1. The molecule has 31 heavy (non-hydrogen) atoms. The zero-order valence-corrected chi connectivity index (χ0v) is 18.6. The number of nitrogens with zero attached hydrogens (tertiary/aromatic N) is 5. The van der Waals surface area contributed by atoms with E-state index in [4.69, 9.17) is 5.73 Å².